The summed E-state index contributed by atoms with van der Waals surface area (Å²) >= 11 is 0. The fraction of sp³-hybridized carbons (Fsp3) is 0.714. The van der Waals surface area contributed by atoms with Crippen molar-refractivity contribution in [3.05, 3.63) is 24.5 Å². The molecule has 1 aromatic rings. The normalized spacial score (nSPS) is 24.7. The number of hydrogen-bond donors (Lipinski definition) is 1. The van der Waals surface area contributed by atoms with Crippen molar-refractivity contribution in [3.63, 3.8) is 0 Å². The number of amides is 1. The molecule has 3 rings (SSSR count). The van der Waals surface area contributed by atoms with Gasteiger partial charge in [0.1, 0.15) is 5.75 Å². The van der Waals surface area contributed by atoms with Crippen LogP contribution in [0.5, 0.6) is 5.75 Å². The zero-order valence-electron chi connectivity index (χ0n) is 16.2. The number of hydrogen-bond acceptors (Lipinski definition) is 4. The average molecular weight is 360 g/mol. The van der Waals surface area contributed by atoms with E-state index < -0.39 is 0 Å². The van der Waals surface area contributed by atoms with Gasteiger partial charge in [-0.05, 0) is 37.3 Å². The Bertz CT molecular complexity index is 558. The number of aromatic nitrogens is 1. The molecule has 1 saturated heterocycles. The number of piperidine rings is 1. The number of nitrogens with zero attached hydrogens (tertiary/aromatic N) is 2. The first-order valence-electron chi connectivity index (χ1n) is 10.2. The summed E-state index contributed by atoms with van der Waals surface area (Å²) in [5.74, 6) is 2.11. The number of likely N-dealkylation sites (tertiary alicyclic amines) is 1. The van der Waals surface area contributed by atoms with Crippen molar-refractivity contribution in [2.45, 2.75) is 52.0 Å². The van der Waals surface area contributed by atoms with Crippen LogP contribution in [0.15, 0.2) is 24.5 Å². The standard InChI is InChI=1S/C21H33N3O2/c1-16(2)12-24-13-17(15-26-20-8-5-9-22-11-20)10-18(14-24)21(25)23-19-6-3-4-7-19/h5,8-9,11,16-19H,3-4,6-7,10,12-15H2,1-2H3,(H,23,25)/t17-,18+/m0/s1. The number of nitrogens with one attached hydrogen (secondary N) is 1. The molecule has 2 heterocycles. The van der Waals surface area contributed by atoms with Crippen LogP contribution in [-0.2, 0) is 4.79 Å². The summed E-state index contributed by atoms with van der Waals surface area (Å²) in [6.07, 6.45) is 9.18. The van der Waals surface area contributed by atoms with Crippen LogP contribution in [0.25, 0.3) is 0 Å². The van der Waals surface area contributed by atoms with Gasteiger partial charge in [-0.3, -0.25) is 9.78 Å². The van der Waals surface area contributed by atoms with Crippen LogP contribution in [0.3, 0.4) is 0 Å². The molecule has 2 fully saturated rings. The average Bonchev–Trinajstić information content (AvgIpc) is 3.13. The Morgan fingerprint density at radius 2 is 2.15 bits per heavy atom. The van der Waals surface area contributed by atoms with Gasteiger partial charge >= 0.3 is 0 Å². The summed E-state index contributed by atoms with van der Waals surface area (Å²) in [6, 6.07) is 4.22. The molecule has 1 N–H and O–H groups in total. The zero-order valence-corrected chi connectivity index (χ0v) is 16.2. The Labute approximate surface area is 157 Å². The van der Waals surface area contributed by atoms with Crippen molar-refractivity contribution in [1.82, 2.24) is 15.2 Å². The largest absolute Gasteiger partial charge is 0.492 e. The summed E-state index contributed by atoms with van der Waals surface area (Å²) in [5.41, 5.74) is 0. The van der Waals surface area contributed by atoms with Crippen LogP contribution >= 0.6 is 0 Å². The van der Waals surface area contributed by atoms with Gasteiger partial charge in [0.25, 0.3) is 0 Å². The Morgan fingerprint density at radius 3 is 2.85 bits per heavy atom. The van der Waals surface area contributed by atoms with E-state index in [1.807, 2.05) is 12.1 Å². The van der Waals surface area contributed by atoms with E-state index in [2.05, 4.69) is 29.0 Å². The molecule has 1 saturated carbocycles. The second kappa shape index (κ2) is 9.36. The lowest BCUT2D eigenvalue weighted by Gasteiger charge is -2.38. The highest BCUT2D eigenvalue weighted by atomic mass is 16.5. The third-order valence-corrected chi connectivity index (χ3v) is 5.43. The molecule has 144 valence electrons. The Morgan fingerprint density at radius 1 is 1.35 bits per heavy atom. The maximum absolute atomic E-state index is 12.8. The molecule has 26 heavy (non-hydrogen) atoms. The molecule has 1 aliphatic heterocycles. The second-order valence-electron chi connectivity index (χ2n) is 8.40. The fourth-order valence-electron chi connectivity index (χ4n) is 4.31. The van der Waals surface area contributed by atoms with Crippen LogP contribution in [0.2, 0.25) is 0 Å². The summed E-state index contributed by atoms with van der Waals surface area (Å²) in [6.45, 7) is 8.04. The van der Waals surface area contributed by atoms with Gasteiger partial charge in [-0.1, -0.05) is 26.7 Å². The molecular weight excluding hydrogens is 326 g/mol. The molecule has 1 aliphatic carbocycles. The van der Waals surface area contributed by atoms with Gasteiger partial charge in [-0.2, -0.15) is 0 Å². The fourth-order valence-corrected chi connectivity index (χ4v) is 4.31. The zero-order chi connectivity index (χ0) is 18.4. The number of rotatable bonds is 7. The number of pyridine rings is 1. The summed E-state index contributed by atoms with van der Waals surface area (Å²) < 4.78 is 5.94. The number of carbonyl (C=O) groups excluding carboxylic acids is 1. The quantitative estimate of drug-likeness (QED) is 0.813. The van der Waals surface area contributed by atoms with E-state index in [1.54, 1.807) is 12.4 Å². The monoisotopic (exact) mass is 359 g/mol. The van der Waals surface area contributed by atoms with Crippen molar-refractivity contribution < 1.29 is 9.53 Å². The first kappa shape index (κ1) is 19.2. The molecule has 0 radical (unpaired) electrons. The molecule has 1 aromatic heterocycles. The molecule has 1 amide bonds. The van der Waals surface area contributed by atoms with Crippen molar-refractivity contribution in [2.75, 3.05) is 26.2 Å². The van der Waals surface area contributed by atoms with Crippen LogP contribution in [0.1, 0.15) is 46.0 Å². The third kappa shape index (κ3) is 5.70. The molecule has 2 aliphatic rings. The van der Waals surface area contributed by atoms with Gasteiger partial charge < -0.3 is 15.0 Å². The molecule has 5 nitrogen and oxygen atoms in total. The number of carbonyl (C=O) groups is 1. The van der Waals surface area contributed by atoms with E-state index in [0.717, 1.165) is 44.6 Å². The lowest BCUT2D eigenvalue weighted by atomic mass is 9.88. The lowest BCUT2D eigenvalue weighted by Crippen LogP contribution is -2.49. The smallest absolute Gasteiger partial charge is 0.224 e. The maximum atomic E-state index is 12.8. The molecule has 5 heteroatoms. The van der Waals surface area contributed by atoms with Crippen LogP contribution in [0.4, 0.5) is 0 Å². The highest BCUT2D eigenvalue weighted by Crippen LogP contribution is 2.25. The topological polar surface area (TPSA) is 54.5 Å². The van der Waals surface area contributed by atoms with Gasteiger partial charge in [0, 0.05) is 37.8 Å². The van der Waals surface area contributed by atoms with E-state index >= 15 is 0 Å². The van der Waals surface area contributed by atoms with Crippen molar-refractivity contribution in [3.8, 4) is 5.75 Å². The first-order chi connectivity index (χ1) is 12.6. The molecular formula is C21H33N3O2. The molecule has 0 bridgehead atoms. The predicted octanol–water partition coefficient (Wildman–Crippen LogP) is 3.11. The Balaban J connectivity index is 1.57. The van der Waals surface area contributed by atoms with E-state index in [1.165, 1.54) is 12.8 Å². The minimum atomic E-state index is 0.0746. The molecule has 2 atom stereocenters. The molecule has 0 aromatic carbocycles. The summed E-state index contributed by atoms with van der Waals surface area (Å²) in [7, 11) is 0. The van der Waals surface area contributed by atoms with E-state index in [4.69, 9.17) is 4.74 Å². The van der Waals surface area contributed by atoms with Crippen molar-refractivity contribution in [1.29, 1.82) is 0 Å². The predicted molar refractivity (Wildman–Crippen MR) is 103 cm³/mol. The summed E-state index contributed by atoms with van der Waals surface area (Å²) in [4.78, 5) is 19.4. The maximum Gasteiger partial charge on any atom is 0.224 e. The Kier molecular flexibility index (Phi) is 6.89. The molecule has 0 spiro atoms. The van der Waals surface area contributed by atoms with Gasteiger partial charge in [0.15, 0.2) is 0 Å². The van der Waals surface area contributed by atoms with E-state index in [9.17, 15) is 4.79 Å². The SMILES string of the molecule is CC(C)CN1C[C@@H](COc2cccnc2)C[C@@H](C(=O)NC2CCCC2)C1. The van der Waals surface area contributed by atoms with Crippen molar-refractivity contribution >= 4 is 5.91 Å². The van der Waals surface area contributed by atoms with Gasteiger partial charge in [-0.25, -0.2) is 0 Å². The van der Waals surface area contributed by atoms with E-state index in [-0.39, 0.29) is 11.8 Å². The minimum absolute atomic E-state index is 0.0746. The lowest BCUT2D eigenvalue weighted by molar-refractivity contribution is -0.128. The van der Waals surface area contributed by atoms with Gasteiger partial charge in [-0.15, -0.1) is 0 Å². The highest BCUT2D eigenvalue weighted by molar-refractivity contribution is 5.79. The first-order valence-corrected chi connectivity index (χ1v) is 10.2. The minimum Gasteiger partial charge on any atom is -0.492 e. The van der Waals surface area contributed by atoms with Crippen LogP contribution in [0, 0.1) is 17.8 Å². The second-order valence-corrected chi connectivity index (χ2v) is 8.40. The van der Waals surface area contributed by atoms with Crippen molar-refractivity contribution in [2.24, 2.45) is 17.8 Å². The summed E-state index contributed by atoms with van der Waals surface area (Å²) in [5, 5.41) is 3.30. The number of ether oxygens (including phenoxy) is 1. The van der Waals surface area contributed by atoms with Gasteiger partial charge in [0.2, 0.25) is 5.91 Å². The van der Waals surface area contributed by atoms with Crippen LogP contribution < -0.4 is 10.1 Å². The Hall–Kier alpha value is -1.62. The van der Waals surface area contributed by atoms with Gasteiger partial charge in [0.05, 0.1) is 18.7 Å². The van der Waals surface area contributed by atoms with E-state index in [0.29, 0.717) is 24.5 Å². The van der Waals surface area contributed by atoms with Crippen LogP contribution in [-0.4, -0.2) is 48.1 Å². The highest BCUT2D eigenvalue weighted by Gasteiger charge is 2.33. The third-order valence-electron chi connectivity index (χ3n) is 5.43. The molecule has 0 unspecified atom stereocenters.